The van der Waals surface area contributed by atoms with Crippen LogP contribution in [0.25, 0.3) is 11.1 Å². The highest BCUT2D eigenvalue weighted by atomic mass is 19.1. The fraction of sp³-hybridized carbons (Fsp3) is 0.312. The number of likely N-dealkylation sites (N-methyl/N-ethyl adjacent to an activating group) is 1. The van der Waals surface area contributed by atoms with Crippen LogP contribution >= 0.6 is 0 Å². The molecule has 0 spiro atoms. The number of halogens is 1. The van der Waals surface area contributed by atoms with Gasteiger partial charge in [-0.3, -0.25) is 0 Å². The van der Waals surface area contributed by atoms with E-state index in [1.165, 1.54) is 24.4 Å². The van der Waals surface area contributed by atoms with Crippen molar-refractivity contribution >= 4 is 11.9 Å². The second-order valence-electron chi connectivity index (χ2n) is 5.45. The summed E-state index contributed by atoms with van der Waals surface area (Å²) in [6.07, 6.45) is 1.45. The molecule has 122 valence electrons. The predicted molar refractivity (Wildman–Crippen MR) is 86.2 cm³/mol. The maximum Gasteiger partial charge on any atom is 0.355 e. The highest BCUT2D eigenvalue weighted by molar-refractivity contribution is 5.94. The van der Waals surface area contributed by atoms with E-state index in [0.717, 1.165) is 6.54 Å². The molecule has 0 saturated heterocycles. The molecule has 2 rings (SSSR count). The number of anilines is 1. The highest BCUT2D eigenvalue weighted by Gasteiger charge is 2.17. The molecule has 1 aromatic heterocycles. The number of hydrogen-bond acceptors (Lipinski definition) is 5. The molecule has 0 atom stereocenters. The van der Waals surface area contributed by atoms with E-state index in [4.69, 9.17) is 0 Å². The molecule has 0 radical (unpaired) electrons. The van der Waals surface area contributed by atoms with Crippen molar-refractivity contribution in [1.29, 1.82) is 0 Å². The molecule has 6 nitrogen and oxygen atoms in total. The molecule has 1 heterocycles. The van der Waals surface area contributed by atoms with Crippen molar-refractivity contribution in [2.45, 2.75) is 6.92 Å². The molecular weight excluding hydrogens is 299 g/mol. The molecule has 0 bridgehead atoms. The van der Waals surface area contributed by atoms with E-state index < -0.39 is 5.97 Å². The average molecular weight is 318 g/mol. The van der Waals surface area contributed by atoms with Gasteiger partial charge in [0.1, 0.15) is 5.82 Å². The van der Waals surface area contributed by atoms with Gasteiger partial charge in [0.05, 0.1) is 0 Å². The SMILES string of the molecule is Cc1cc(F)ccc1-c1cnc(NCCN(C)C)nc1C(=O)O. The molecule has 0 aliphatic carbocycles. The number of hydrogen-bond donors (Lipinski definition) is 2. The molecule has 0 aliphatic rings. The van der Waals surface area contributed by atoms with Crippen molar-refractivity contribution in [3.63, 3.8) is 0 Å². The Morgan fingerprint density at radius 2 is 2.09 bits per heavy atom. The van der Waals surface area contributed by atoms with E-state index in [-0.39, 0.29) is 17.5 Å². The van der Waals surface area contributed by atoms with E-state index in [9.17, 15) is 14.3 Å². The number of aromatic carboxylic acids is 1. The number of carboxylic acids is 1. The fourth-order valence-electron chi connectivity index (χ4n) is 2.15. The number of benzene rings is 1. The third kappa shape index (κ3) is 4.23. The van der Waals surface area contributed by atoms with E-state index in [1.54, 1.807) is 6.92 Å². The maximum absolute atomic E-state index is 13.2. The first-order valence-electron chi connectivity index (χ1n) is 7.14. The summed E-state index contributed by atoms with van der Waals surface area (Å²) in [5.74, 6) is -1.26. The van der Waals surface area contributed by atoms with E-state index in [0.29, 0.717) is 23.2 Å². The first kappa shape index (κ1) is 16.8. The molecule has 7 heteroatoms. The van der Waals surface area contributed by atoms with Crippen molar-refractivity contribution in [2.75, 3.05) is 32.5 Å². The van der Waals surface area contributed by atoms with Crippen molar-refractivity contribution in [3.05, 3.63) is 41.5 Å². The molecule has 1 aromatic carbocycles. The van der Waals surface area contributed by atoms with Gasteiger partial charge in [-0.2, -0.15) is 0 Å². The first-order chi connectivity index (χ1) is 10.9. The monoisotopic (exact) mass is 318 g/mol. The molecule has 0 unspecified atom stereocenters. The molecule has 0 aliphatic heterocycles. The van der Waals surface area contributed by atoms with Crippen molar-refractivity contribution in [2.24, 2.45) is 0 Å². The smallest absolute Gasteiger partial charge is 0.355 e. The topological polar surface area (TPSA) is 78.4 Å². The van der Waals surface area contributed by atoms with Crippen molar-refractivity contribution < 1.29 is 14.3 Å². The zero-order valence-corrected chi connectivity index (χ0v) is 13.3. The van der Waals surface area contributed by atoms with Gasteiger partial charge in [0.25, 0.3) is 0 Å². The summed E-state index contributed by atoms with van der Waals surface area (Å²) in [5, 5.41) is 12.4. The van der Waals surface area contributed by atoms with Gasteiger partial charge in [-0.05, 0) is 44.3 Å². The fourth-order valence-corrected chi connectivity index (χ4v) is 2.15. The first-order valence-corrected chi connectivity index (χ1v) is 7.14. The van der Waals surface area contributed by atoms with E-state index in [2.05, 4.69) is 15.3 Å². The van der Waals surface area contributed by atoms with Crippen molar-refractivity contribution in [1.82, 2.24) is 14.9 Å². The Morgan fingerprint density at radius 3 is 2.70 bits per heavy atom. The van der Waals surface area contributed by atoms with Gasteiger partial charge < -0.3 is 15.3 Å². The number of rotatable bonds is 6. The zero-order chi connectivity index (χ0) is 17.0. The van der Waals surface area contributed by atoms with Crippen LogP contribution in [-0.2, 0) is 0 Å². The van der Waals surface area contributed by atoms with E-state index >= 15 is 0 Å². The Bertz CT molecular complexity index is 719. The standard InChI is InChI=1S/C16H19FN4O2/c1-10-8-11(17)4-5-12(10)13-9-19-16(18-6-7-21(2)3)20-14(13)15(22)23/h4-5,8-9H,6-7H2,1-3H3,(H,22,23)(H,18,19,20). The second-order valence-corrected chi connectivity index (χ2v) is 5.45. The Balaban J connectivity index is 2.35. The lowest BCUT2D eigenvalue weighted by molar-refractivity contribution is 0.0691. The van der Waals surface area contributed by atoms with Crippen LogP contribution < -0.4 is 5.32 Å². The second kappa shape index (κ2) is 7.15. The minimum Gasteiger partial charge on any atom is -0.476 e. The van der Waals surface area contributed by atoms with Gasteiger partial charge in [-0.15, -0.1) is 0 Å². The number of nitrogens with one attached hydrogen (secondary N) is 1. The summed E-state index contributed by atoms with van der Waals surface area (Å²) < 4.78 is 13.2. The minimum atomic E-state index is -1.15. The van der Waals surface area contributed by atoms with E-state index in [1.807, 2.05) is 19.0 Å². The normalized spacial score (nSPS) is 10.8. The largest absolute Gasteiger partial charge is 0.476 e. The minimum absolute atomic E-state index is 0.109. The third-order valence-electron chi connectivity index (χ3n) is 3.31. The third-order valence-corrected chi connectivity index (χ3v) is 3.31. The molecule has 23 heavy (non-hydrogen) atoms. The predicted octanol–water partition coefficient (Wildman–Crippen LogP) is 2.26. The van der Waals surface area contributed by atoms with Crippen LogP contribution in [0.1, 0.15) is 16.1 Å². The molecule has 0 fully saturated rings. The summed E-state index contributed by atoms with van der Waals surface area (Å²) in [4.78, 5) is 21.7. The highest BCUT2D eigenvalue weighted by Crippen LogP contribution is 2.26. The summed E-state index contributed by atoms with van der Waals surface area (Å²) in [5.41, 5.74) is 1.49. The summed E-state index contributed by atoms with van der Waals surface area (Å²) in [7, 11) is 3.87. The van der Waals surface area contributed by atoms with Gasteiger partial charge in [-0.25, -0.2) is 19.2 Å². The van der Waals surface area contributed by atoms with Crippen LogP contribution in [0.4, 0.5) is 10.3 Å². The summed E-state index contributed by atoms with van der Waals surface area (Å²) in [6.45, 7) is 3.08. The van der Waals surface area contributed by atoms with Gasteiger partial charge >= 0.3 is 5.97 Å². The van der Waals surface area contributed by atoms with Crippen LogP contribution in [0.3, 0.4) is 0 Å². The van der Waals surface area contributed by atoms with Crippen LogP contribution in [0.5, 0.6) is 0 Å². The number of aromatic nitrogens is 2. The number of carbonyl (C=O) groups is 1. The van der Waals surface area contributed by atoms with Crippen molar-refractivity contribution in [3.8, 4) is 11.1 Å². The average Bonchev–Trinajstić information content (AvgIpc) is 2.47. The quantitative estimate of drug-likeness (QED) is 0.850. The maximum atomic E-state index is 13.2. The number of nitrogens with zero attached hydrogens (tertiary/aromatic N) is 3. The van der Waals surface area contributed by atoms with Gasteiger partial charge in [-0.1, -0.05) is 6.07 Å². The molecule has 0 saturated carbocycles. The number of aryl methyl sites for hydroxylation is 1. The molecular formula is C16H19FN4O2. The number of carboxylic acid groups (broad SMARTS) is 1. The lowest BCUT2D eigenvalue weighted by Crippen LogP contribution is -2.22. The zero-order valence-electron chi connectivity index (χ0n) is 13.3. The van der Waals surface area contributed by atoms with Crippen LogP contribution in [0, 0.1) is 12.7 Å². The van der Waals surface area contributed by atoms with Crippen LogP contribution in [-0.4, -0.2) is 53.1 Å². The van der Waals surface area contributed by atoms with Gasteiger partial charge in [0.2, 0.25) is 5.95 Å². The Morgan fingerprint density at radius 1 is 1.35 bits per heavy atom. The molecule has 0 amide bonds. The molecule has 2 aromatic rings. The lowest BCUT2D eigenvalue weighted by Gasteiger charge is -2.12. The summed E-state index contributed by atoms with van der Waals surface area (Å²) in [6, 6.07) is 4.18. The Hall–Kier alpha value is -2.54. The summed E-state index contributed by atoms with van der Waals surface area (Å²) >= 11 is 0. The van der Waals surface area contributed by atoms with Gasteiger partial charge in [0.15, 0.2) is 5.69 Å². The van der Waals surface area contributed by atoms with Crippen LogP contribution in [0.2, 0.25) is 0 Å². The van der Waals surface area contributed by atoms with Gasteiger partial charge in [0, 0.05) is 24.8 Å². The Kier molecular flexibility index (Phi) is 5.23. The molecule has 2 N–H and O–H groups in total. The van der Waals surface area contributed by atoms with Crippen LogP contribution in [0.15, 0.2) is 24.4 Å². The lowest BCUT2D eigenvalue weighted by atomic mass is 10.0. The Labute approximate surface area is 134 Å².